The van der Waals surface area contributed by atoms with Crippen LogP contribution in [0.1, 0.15) is 0 Å². The summed E-state index contributed by atoms with van der Waals surface area (Å²) in [7, 11) is 0. The first-order valence-corrected chi connectivity index (χ1v) is 2.53. The second kappa shape index (κ2) is 6.41. The van der Waals surface area contributed by atoms with E-state index in [1.165, 1.54) is 0 Å². The minimum atomic E-state index is 0.889. The van der Waals surface area contributed by atoms with Crippen LogP contribution in [0, 0.1) is 6.57 Å². The number of morpholine rings is 1. The fourth-order valence-electron chi connectivity index (χ4n) is 0.516. The maximum Gasteiger partial charge on any atom is 0.0591 e. The van der Waals surface area contributed by atoms with Crippen molar-refractivity contribution in [3.8, 4) is 0 Å². The standard InChI is InChI=1S/C4H9NO.CHN/c1-3-6-4-2-5-1;1-2/h5H,1-4H2;2H. The summed E-state index contributed by atoms with van der Waals surface area (Å²) in [6, 6.07) is 0. The van der Waals surface area contributed by atoms with Gasteiger partial charge in [0.25, 0.3) is 0 Å². The Balaban J connectivity index is 0.000000222. The molecule has 1 saturated heterocycles. The van der Waals surface area contributed by atoms with Gasteiger partial charge in [-0.1, -0.05) is 0 Å². The number of rotatable bonds is 0. The first-order chi connectivity index (χ1) is 4.00. The monoisotopic (exact) mass is 114 g/mol. The number of hydrogen-bond donors (Lipinski definition) is 2. The molecule has 1 aliphatic heterocycles. The van der Waals surface area contributed by atoms with Crippen molar-refractivity contribution >= 4 is 0 Å². The zero-order valence-corrected chi connectivity index (χ0v) is 4.74. The van der Waals surface area contributed by atoms with Gasteiger partial charge in [0, 0.05) is 13.1 Å². The first-order valence-electron chi connectivity index (χ1n) is 2.53. The summed E-state index contributed by atoms with van der Waals surface area (Å²) < 4.78 is 5.01. The summed E-state index contributed by atoms with van der Waals surface area (Å²) in [5.41, 5.74) is 0. The molecule has 0 aromatic carbocycles. The predicted octanol–water partition coefficient (Wildman–Crippen LogP) is -2.05. The van der Waals surface area contributed by atoms with Crippen LogP contribution in [-0.4, -0.2) is 26.3 Å². The minimum Gasteiger partial charge on any atom is -0.379 e. The highest BCUT2D eigenvalue weighted by atomic mass is 16.5. The third-order valence-electron chi connectivity index (χ3n) is 0.846. The van der Waals surface area contributed by atoms with E-state index in [0.29, 0.717) is 0 Å². The Hall–Kier alpha value is -0.590. The second-order valence-corrected chi connectivity index (χ2v) is 1.36. The number of ether oxygens (including phenoxy) is 1. The van der Waals surface area contributed by atoms with Crippen molar-refractivity contribution in [1.29, 1.82) is 0 Å². The lowest BCUT2D eigenvalue weighted by molar-refractivity contribution is -0.0997. The highest BCUT2D eigenvalue weighted by molar-refractivity contribution is 4.49. The zero-order valence-electron chi connectivity index (χ0n) is 4.74. The highest BCUT2D eigenvalue weighted by Gasteiger charge is 1.92. The molecule has 46 valence electrons. The Morgan fingerprint density at radius 1 is 1.25 bits per heavy atom. The largest absolute Gasteiger partial charge is 0.379 e. The molecular weight excluding hydrogens is 104 g/mol. The average molecular weight is 114 g/mol. The SMILES string of the molecule is C1COCCN1.[C-]#[NH+]. The van der Waals surface area contributed by atoms with Gasteiger partial charge in [0.2, 0.25) is 0 Å². The van der Waals surface area contributed by atoms with E-state index in [2.05, 4.69) is 5.32 Å². The van der Waals surface area contributed by atoms with Crippen molar-refractivity contribution < 1.29 is 10.00 Å². The van der Waals surface area contributed by atoms with E-state index in [4.69, 9.17) is 16.6 Å². The maximum atomic E-state index is 5.01. The highest BCUT2D eigenvalue weighted by Crippen LogP contribution is 1.76. The van der Waals surface area contributed by atoms with E-state index in [1.807, 2.05) is 0 Å². The van der Waals surface area contributed by atoms with Gasteiger partial charge in [-0.25, -0.2) is 6.57 Å². The van der Waals surface area contributed by atoms with Crippen molar-refractivity contribution in [3.63, 3.8) is 0 Å². The molecule has 1 fully saturated rings. The van der Waals surface area contributed by atoms with Gasteiger partial charge in [0.1, 0.15) is 0 Å². The zero-order chi connectivity index (χ0) is 6.24. The molecule has 8 heavy (non-hydrogen) atoms. The number of hydrogen-bond acceptors (Lipinski definition) is 2. The van der Waals surface area contributed by atoms with Crippen LogP contribution in [0.15, 0.2) is 0 Å². The van der Waals surface area contributed by atoms with Crippen LogP contribution in [0.3, 0.4) is 0 Å². The lowest BCUT2D eigenvalue weighted by Crippen LogP contribution is -2.30. The van der Waals surface area contributed by atoms with E-state index in [1.54, 1.807) is 0 Å². The summed E-state index contributed by atoms with van der Waals surface area (Å²) >= 11 is 0. The summed E-state index contributed by atoms with van der Waals surface area (Å²) in [6.07, 6.45) is 0. The molecule has 0 radical (unpaired) electrons. The van der Waals surface area contributed by atoms with E-state index in [-0.39, 0.29) is 0 Å². The van der Waals surface area contributed by atoms with E-state index >= 15 is 0 Å². The molecule has 0 atom stereocenters. The van der Waals surface area contributed by atoms with Gasteiger partial charge in [-0.2, -0.15) is 0 Å². The molecule has 0 aliphatic carbocycles. The summed E-state index contributed by atoms with van der Waals surface area (Å²) in [4.78, 5) is 0. The molecule has 2 N–H and O–H groups in total. The summed E-state index contributed by atoms with van der Waals surface area (Å²) in [5.74, 6) is 0. The molecule has 3 heteroatoms. The molecule has 0 unspecified atom stereocenters. The Morgan fingerprint density at radius 2 is 1.75 bits per heavy atom. The van der Waals surface area contributed by atoms with Crippen molar-refractivity contribution in [1.82, 2.24) is 5.32 Å². The van der Waals surface area contributed by atoms with Gasteiger partial charge in [0.15, 0.2) is 0 Å². The molecule has 0 bridgehead atoms. The van der Waals surface area contributed by atoms with Crippen LogP contribution >= 0.6 is 0 Å². The van der Waals surface area contributed by atoms with Gasteiger partial charge < -0.3 is 15.3 Å². The van der Waals surface area contributed by atoms with Crippen LogP contribution in [0.4, 0.5) is 0 Å². The molecular formula is C5H10N2O. The van der Waals surface area contributed by atoms with Crippen LogP contribution in [-0.2, 0) is 4.74 Å². The average Bonchev–Trinajstić information content (AvgIpc) is 1.96. The normalized spacial score (nSPS) is 18.2. The molecule has 1 rings (SSSR count). The fourth-order valence-corrected chi connectivity index (χ4v) is 0.516. The second-order valence-electron chi connectivity index (χ2n) is 1.36. The molecule has 0 aromatic heterocycles. The third kappa shape index (κ3) is 3.59. The molecule has 0 amide bonds. The van der Waals surface area contributed by atoms with E-state index < -0.39 is 0 Å². The maximum absolute atomic E-state index is 5.01. The smallest absolute Gasteiger partial charge is 0.0591 e. The van der Waals surface area contributed by atoms with Gasteiger partial charge in [-0.15, -0.1) is 0 Å². The lowest BCUT2D eigenvalue weighted by Gasteiger charge is -2.10. The topological polar surface area (TPSA) is 45.1 Å². The molecule has 1 heterocycles. The Labute approximate surface area is 49.3 Å². The summed E-state index contributed by atoms with van der Waals surface area (Å²) in [5, 5.41) is 8.16. The van der Waals surface area contributed by atoms with Crippen molar-refractivity contribution in [2.24, 2.45) is 0 Å². The van der Waals surface area contributed by atoms with Crippen LogP contribution in [0.2, 0.25) is 0 Å². The van der Waals surface area contributed by atoms with Crippen LogP contribution in [0.5, 0.6) is 0 Å². The molecule has 0 saturated carbocycles. The fraction of sp³-hybridized carbons (Fsp3) is 0.800. The third-order valence-corrected chi connectivity index (χ3v) is 0.846. The van der Waals surface area contributed by atoms with Gasteiger partial charge in [-0.3, -0.25) is 0 Å². The van der Waals surface area contributed by atoms with Crippen molar-refractivity contribution in [3.05, 3.63) is 6.57 Å². The lowest BCUT2D eigenvalue weighted by atomic mass is 10.5. The van der Waals surface area contributed by atoms with E-state index in [9.17, 15) is 0 Å². The van der Waals surface area contributed by atoms with Gasteiger partial charge in [0.05, 0.1) is 13.2 Å². The van der Waals surface area contributed by atoms with E-state index in [0.717, 1.165) is 26.3 Å². The molecule has 3 nitrogen and oxygen atoms in total. The molecule has 0 spiro atoms. The van der Waals surface area contributed by atoms with Gasteiger partial charge in [-0.05, 0) is 0 Å². The summed E-state index contributed by atoms with van der Waals surface area (Å²) in [6.45, 7) is 8.83. The van der Waals surface area contributed by atoms with Crippen LogP contribution in [0.25, 0.3) is 0 Å². The van der Waals surface area contributed by atoms with Crippen molar-refractivity contribution in [2.45, 2.75) is 0 Å². The molecule has 0 aromatic rings. The number of nitrogens with one attached hydrogen (secondary N) is 2. The van der Waals surface area contributed by atoms with Crippen molar-refractivity contribution in [2.75, 3.05) is 26.3 Å². The minimum absolute atomic E-state index is 0.889. The first kappa shape index (κ1) is 7.41. The quantitative estimate of drug-likeness (QED) is 0.356. The predicted molar refractivity (Wildman–Crippen MR) is 27.9 cm³/mol. The van der Waals surface area contributed by atoms with Crippen LogP contribution < -0.4 is 10.6 Å². The van der Waals surface area contributed by atoms with Gasteiger partial charge >= 0.3 is 0 Å². The molecule has 1 aliphatic rings. The Bertz CT molecular complexity index is 47.2. The Kier molecular flexibility index (Phi) is 5.94. The Morgan fingerprint density at radius 3 is 1.88 bits per heavy atom.